The van der Waals surface area contributed by atoms with Crippen molar-refractivity contribution in [3.05, 3.63) is 101 Å². The summed E-state index contributed by atoms with van der Waals surface area (Å²) in [7, 11) is 0. The van der Waals surface area contributed by atoms with Crippen LogP contribution in [0.15, 0.2) is 84.0 Å². The van der Waals surface area contributed by atoms with Crippen LogP contribution >= 0.6 is 0 Å². The van der Waals surface area contributed by atoms with Gasteiger partial charge in [0.25, 0.3) is 5.91 Å². The van der Waals surface area contributed by atoms with Crippen molar-refractivity contribution in [2.75, 3.05) is 13.2 Å². The molecule has 1 N–H and O–H groups in total. The zero-order valence-corrected chi connectivity index (χ0v) is 21.0. The summed E-state index contributed by atoms with van der Waals surface area (Å²) in [5.41, 5.74) is 5.81. The number of esters is 1. The Kier molecular flexibility index (Phi) is 8.15. The van der Waals surface area contributed by atoms with E-state index in [9.17, 15) is 9.59 Å². The lowest BCUT2D eigenvalue weighted by Crippen LogP contribution is -2.24. The van der Waals surface area contributed by atoms with Gasteiger partial charge in [-0.15, -0.1) is 0 Å². The van der Waals surface area contributed by atoms with Gasteiger partial charge in [-0.3, -0.25) is 4.79 Å². The van der Waals surface area contributed by atoms with Crippen LogP contribution in [0.1, 0.15) is 34.0 Å². The average molecular weight is 497 g/mol. The van der Waals surface area contributed by atoms with Gasteiger partial charge in [0.15, 0.2) is 18.1 Å². The molecule has 188 valence electrons. The number of carbonyl (C=O) groups is 2. The zero-order chi connectivity index (χ0) is 26.2. The van der Waals surface area contributed by atoms with Gasteiger partial charge in [-0.1, -0.05) is 42.5 Å². The molecule has 0 atom stereocenters. The molecule has 0 aliphatic carbocycles. The Hall–Kier alpha value is -4.65. The van der Waals surface area contributed by atoms with E-state index >= 15 is 0 Å². The molecule has 0 bridgehead atoms. The minimum absolute atomic E-state index is 0.160. The summed E-state index contributed by atoms with van der Waals surface area (Å²) in [4.78, 5) is 25.1. The molecule has 7 nitrogen and oxygen atoms in total. The first-order chi connectivity index (χ1) is 17.9. The van der Waals surface area contributed by atoms with E-state index in [0.29, 0.717) is 35.0 Å². The second-order valence-corrected chi connectivity index (χ2v) is 8.38. The fourth-order valence-electron chi connectivity index (χ4n) is 3.68. The number of hydrogen-bond donors (Lipinski definition) is 1. The fourth-order valence-corrected chi connectivity index (χ4v) is 3.68. The SMILES string of the molecule is CCOc1cc(/C=N\NC(=O)COc2ccc(C)c(C)c2)ccc1OC(=O)c1cccc2ccccc12. The van der Waals surface area contributed by atoms with Gasteiger partial charge in [-0.05, 0) is 84.6 Å². The number of ether oxygens (including phenoxy) is 3. The first-order valence-corrected chi connectivity index (χ1v) is 11.9. The summed E-state index contributed by atoms with van der Waals surface area (Å²) in [6, 6.07) is 23.8. The molecule has 0 spiro atoms. The molecule has 4 aromatic carbocycles. The van der Waals surface area contributed by atoms with Crippen LogP contribution in [0.5, 0.6) is 17.2 Å². The van der Waals surface area contributed by atoms with E-state index in [1.807, 2.05) is 75.4 Å². The van der Waals surface area contributed by atoms with Crippen LogP contribution in [-0.2, 0) is 4.79 Å². The topological polar surface area (TPSA) is 86.2 Å². The van der Waals surface area contributed by atoms with Crippen molar-refractivity contribution in [2.45, 2.75) is 20.8 Å². The fraction of sp³-hybridized carbons (Fsp3) is 0.167. The first-order valence-electron chi connectivity index (χ1n) is 11.9. The van der Waals surface area contributed by atoms with Gasteiger partial charge in [-0.25, -0.2) is 10.2 Å². The lowest BCUT2D eigenvalue weighted by molar-refractivity contribution is -0.123. The molecule has 4 rings (SSSR count). The average Bonchev–Trinajstić information content (AvgIpc) is 2.90. The van der Waals surface area contributed by atoms with E-state index in [-0.39, 0.29) is 12.5 Å². The summed E-state index contributed by atoms with van der Waals surface area (Å²) in [6.45, 7) is 6.06. The Morgan fingerprint density at radius 1 is 0.865 bits per heavy atom. The van der Waals surface area contributed by atoms with Gasteiger partial charge in [0.2, 0.25) is 0 Å². The number of nitrogens with zero attached hydrogens (tertiary/aromatic N) is 1. The van der Waals surface area contributed by atoms with Gasteiger partial charge in [0.05, 0.1) is 18.4 Å². The summed E-state index contributed by atoms with van der Waals surface area (Å²) >= 11 is 0. The highest BCUT2D eigenvalue weighted by atomic mass is 16.6. The maximum absolute atomic E-state index is 13.0. The summed E-state index contributed by atoms with van der Waals surface area (Å²) in [5.74, 6) is 0.444. The van der Waals surface area contributed by atoms with Crippen LogP contribution in [0, 0.1) is 13.8 Å². The number of nitrogens with one attached hydrogen (secondary N) is 1. The third-order valence-electron chi connectivity index (χ3n) is 5.73. The highest BCUT2D eigenvalue weighted by Crippen LogP contribution is 2.30. The van der Waals surface area contributed by atoms with Crippen LogP contribution in [0.3, 0.4) is 0 Å². The van der Waals surface area contributed by atoms with Crippen molar-refractivity contribution in [1.82, 2.24) is 5.43 Å². The standard InChI is InChI=1S/C30H28N2O5/c1-4-35-28-17-22(18-31-32-29(33)19-36-24-14-12-20(2)21(3)16-24)13-15-27(28)37-30(34)26-11-7-9-23-8-5-6-10-25(23)26/h5-18H,4,19H2,1-3H3,(H,32,33)/b31-18-. The molecule has 1 amide bonds. The number of hydrazone groups is 1. The van der Waals surface area contributed by atoms with E-state index in [2.05, 4.69) is 10.5 Å². The molecule has 4 aromatic rings. The van der Waals surface area contributed by atoms with Crippen molar-refractivity contribution >= 4 is 28.9 Å². The lowest BCUT2D eigenvalue weighted by Gasteiger charge is -2.12. The number of rotatable bonds is 9. The zero-order valence-electron chi connectivity index (χ0n) is 21.0. The Labute approximate surface area is 215 Å². The van der Waals surface area contributed by atoms with E-state index in [1.165, 1.54) is 6.21 Å². The molecule has 0 saturated carbocycles. The van der Waals surface area contributed by atoms with Gasteiger partial charge in [0.1, 0.15) is 5.75 Å². The summed E-state index contributed by atoms with van der Waals surface area (Å²) in [6.07, 6.45) is 1.48. The van der Waals surface area contributed by atoms with E-state index in [1.54, 1.807) is 24.3 Å². The summed E-state index contributed by atoms with van der Waals surface area (Å²) < 4.78 is 16.9. The van der Waals surface area contributed by atoms with Crippen molar-refractivity contribution in [1.29, 1.82) is 0 Å². The predicted octanol–water partition coefficient (Wildman–Crippen LogP) is 5.60. The molecule has 0 fully saturated rings. The third-order valence-corrected chi connectivity index (χ3v) is 5.73. The van der Waals surface area contributed by atoms with Crippen LogP contribution < -0.4 is 19.6 Å². The highest BCUT2D eigenvalue weighted by Gasteiger charge is 2.15. The van der Waals surface area contributed by atoms with Crippen LogP contribution in [0.2, 0.25) is 0 Å². The molecule has 7 heteroatoms. The van der Waals surface area contributed by atoms with Crippen molar-refractivity contribution in [3.8, 4) is 17.2 Å². The first kappa shape index (κ1) is 25.4. The maximum atomic E-state index is 13.0. The molecule has 0 unspecified atom stereocenters. The number of amides is 1. The molecule has 0 radical (unpaired) electrons. The number of fused-ring (bicyclic) bond motifs is 1. The molecule has 0 saturated heterocycles. The molecule has 0 aliphatic rings. The largest absolute Gasteiger partial charge is 0.490 e. The van der Waals surface area contributed by atoms with Gasteiger partial charge < -0.3 is 14.2 Å². The van der Waals surface area contributed by atoms with E-state index in [0.717, 1.165) is 21.9 Å². The molecule has 0 aromatic heterocycles. The molecule has 37 heavy (non-hydrogen) atoms. The second-order valence-electron chi connectivity index (χ2n) is 8.38. The number of aryl methyl sites for hydroxylation is 2. The summed E-state index contributed by atoms with van der Waals surface area (Å²) in [5, 5.41) is 5.76. The minimum atomic E-state index is -0.477. The van der Waals surface area contributed by atoms with Crippen molar-refractivity contribution < 1.29 is 23.8 Å². The molecule has 0 heterocycles. The van der Waals surface area contributed by atoms with Crippen molar-refractivity contribution in [2.24, 2.45) is 5.10 Å². The Morgan fingerprint density at radius 3 is 2.49 bits per heavy atom. The minimum Gasteiger partial charge on any atom is -0.490 e. The number of carbonyl (C=O) groups excluding carboxylic acids is 2. The monoisotopic (exact) mass is 496 g/mol. The quantitative estimate of drug-likeness (QED) is 0.141. The smallest absolute Gasteiger partial charge is 0.344 e. The number of hydrogen-bond acceptors (Lipinski definition) is 6. The maximum Gasteiger partial charge on any atom is 0.344 e. The van der Waals surface area contributed by atoms with E-state index in [4.69, 9.17) is 14.2 Å². The highest BCUT2D eigenvalue weighted by molar-refractivity contribution is 6.05. The third kappa shape index (κ3) is 6.52. The predicted molar refractivity (Wildman–Crippen MR) is 144 cm³/mol. The van der Waals surface area contributed by atoms with Crippen LogP contribution in [0.25, 0.3) is 10.8 Å². The number of benzene rings is 4. The second kappa shape index (κ2) is 11.9. The molecule has 0 aliphatic heterocycles. The van der Waals surface area contributed by atoms with Gasteiger partial charge in [0, 0.05) is 0 Å². The molecular weight excluding hydrogens is 468 g/mol. The Bertz CT molecular complexity index is 1460. The molecular formula is C30H28N2O5. The van der Waals surface area contributed by atoms with Gasteiger partial charge >= 0.3 is 5.97 Å². The van der Waals surface area contributed by atoms with Crippen molar-refractivity contribution in [3.63, 3.8) is 0 Å². The van der Waals surface area contributed by atoms with Crippen LogP contribution in [-0.4, -0.2) is 31.3 Å². The normalized spacial score (nSPS) is 10.9. The lowest BCUT2D eigenvalue weighted by atomic mass is 10.0. The Balaban J connectivity index is 1.40. The van der Waals surface area contributed by atoms with Gasteiger partial charge in [-0.2, -0.15) is 5.10 Å². The Morgan fingerprint density at radius 2 is 1.68 bits per heavy atom. The van der Waals surface area contributed by atoms with Crippen LogP contribution in [0.4, 0.5) is 0 Å². The van der Waals surface area contributed by atoms with E-state index < -0.39 is 5.97 Å².